The average Bonchev–Trinajstić information content (AvgIpc) is 2.49. The Morgan fingerprint density at radius 2 is 1.75 bits per heavy atom. The van der Waals surface area contributed by atoms with Crippen molar-refractivity contribution < 1.29 is 4.79 Å². The lowest BCUT2D eigenvalue weighted by molar-refractivity contribution is 0.0993. The number of carbonyl (C=O) groups excluding carboxylic acids is 1. The van der Waals surface area contributed by atoms with Gasteiger partial charge in [0.15, 0.2) is 5.78 Å². The van der Waals surface area contributed by atoms with Crippen molar-refractivity contribution >= 4 is 17.4 Å². The second-order valence-corrected chi connectivity index (χ2v) is 5.53. The Morgan fingerprint density at radius 1 is 1.10 bits per heavy atom. The SMILES string of the molecule is CCC(C)c1ccc(C(=O)Cc2ccccc2Cl)cc1. The smallest absolute Gasteiger partial charge is 0.167 e. The summed E-state index contributed by atoms with van der Waals surface area (Å²) >= 11 is 6.09. The normalized spacial score (nSPS) is 12.2. The molecule has 0 saturated heterocycles. The van der Waals surface area contributed by atoms with Crippen molar-refractivity contribution in [1.29, 1.82) is 0 Å². The molecule has 0 aliphatic carbocycles. The molecular weight excluding hydrogens is 268 g/mol. The van der Waals surface area contributed by atoms with E-state index in [4.69, 9.17) is 11.6 Å². The third kappa shape index (κ3) is 3.49. The Bertz CT molecular complexity index is 587. The first kappa shape index (κ1) is 14.8. The number of carbonyl (C=O) groups is 1. The fourth-order valence-corrected chi connectivity index (χ4v) is 2.35. The first-order chi connectivity index (χ1) is 9.61. The summed E-state index contributed by atoms with van der Waals surface area (Å²) in [4.78, 5) is 12.3. The predicted octanol–water partition coefficient (Wildman–Crippen LogP) is 5.28. The van der Waals surface area contributed by atoms with Crippen molar-refractivity contribution in [2.75, 3.05) is 0 Å². The van der Waals surface area contributed by atoms with E-state index >= 15 is 0 Å². The Morgan fingerprint density at radius 3 is 2.35 bits per heavy atom. The van der Waals surface area contributed by atoms with E-state index in [2.05, 4.69) is 13.8 Å². The van der Waals surface area contributed by atoms with Crippen LogP contribution in [-0.2, 0) is 6.42 Å². The van der Waals surface area contributed by atoms with Gasteiger partial charge in [-0.1, -0.05) is 67.9 Å². The largest absolute Gasteiger partial charge is 0.294 e. The second-order valence-electron chi connectivity index (χ2n) is 5.12. The zero-order valence-corrected chi connectivity index (χ0v) is 12.7. The Balaban J connectivity index is 2.12. The second kappa shape index (κ2) is 6.71. The number of benzene rings is 2. The zero-order valence-electron chi connectivity index (χ0n) is 11.9. The van der Waals surface area contributed by atoms with E-state index < -0.39 is 0 Å². The van der Waals surface area contributed by atoms with Crippen LogP contribution in [0.5, 0.6) is 0 Å². The van der Waals surface area contributed by atoms with Gasteiger partial charge in [0.2, 0.25) is 0 Å². The Kier molecular flexibility index (Phi) is 4.97. The van der Waals surface area contributed by atoms with Gasteiger partial charge in [0.25, 0.3) is 0 Å². The van der Waals surface area contributed by atoms with Crippen LogP contribution < -0.4 is 0 Å². The van der Waals surface area contributed by atoms with Crippen LogP contribution in [0.25, 0.3) is 0 Å². The van der Waals surface area contributed by atoms with Crippen LogP contribution >= 0.6 is 11.6 Å². The first-order valence-electron chi connectivity index (χ1n) is 6.98. The van der Waals surface area contributed by atoms with Crippen LogP contribution in [0.2, 0.25) is 5.02 Å². The third-order valence-corrected chi connectivity index (χ3v) is 4.09. The number of Topliss-reactive ketones (excluding diaryl/α,β-unsaturated/α-hetero) is 1. The molecule has 2 rings (SSSR count). The van der Waals surface area contributed by atoms with Gasteiger partial charge >= 0.3 is 0 Å². The maximum Gasteiger partial charge on any atom is 0.167 e. The van der Waals surface area contributed by atoms with Gasteiger partial charge < -0.3 is 0 Å². The average molecular weight is 287 g/mol. The molecule has 2 heteroatoms. The van der Waals surface area contributed by atoms with Crippen LogP contribution in [0, 0.1) is 0 Å². The molecule has 2 aromatic carbocycles. The van der Waals surface area contributed by atoms with Crippen molar-refractivity contribution in [3.8, 4) is 0 Å². The molecule has 104 valence electrons. The molecule has 0 fully saturated rings. The summed E-state index contributed by atoms with van der Waals surface area (Å²) in [6.07, 6.45) is 1.45. The van der Waals surface area contributed by atoms with Crippen molar-refractivity contribution in [2.24, 2.45) is 0 Å². The molecule has 0 N–H and O–H groups in total. The van der Waals surface area contributed by atoms with Gasteiger partial charge in [-0.3, -0.25) is 4.79 Å². The molecule has 0 bridgehead atoms. The quantitative estimate of drug-likeness (QED) is 0.684. The summed E-state index contributed by atoms with van der Waals surface area (Å²) in [7, 11) is 0. The van der Waals surface area contributed by atoms with Crippen molar-refractivity contribution in [3.63, 3.8) is 0 Å². The van der Waals surface area contributed by atoms with Gasteiger partial charge in [-0.15, -0.1) is 0 Å². The number of ketones is 1. The third-order valence-electron chi connectivity index (χ3n) is 3.72. The fraction of sp³-hybridized carbons (Fsp3) is 0.278. The molecule has 0 radical (unpaired) electrons. The van der Waals surface area contributed by atoms with Gasteiger partial charge in [0, 0.05) is 17.0 Å². The maximum absolute atomic E-state index is 12.3. The van der Waals surface area contributed by atoms with Crippen molar-refractivity contribution in [3.05, 3.63) is 70.2 Å². The lowest BCUT2D eigenvalue weighted by Gasteiger charge is -2.09. The topological polar surface area (TPSA) is 17.1 Å². The van der Waals surface area contributed by atoms with E-state index in [0.717, 1.165) is 17.5 Å². The van der Waals surface area contributed by atoms with E-state index in [1.807, 2.05) is 48.5 Å². The minimum atomic E-state index is 0.105. The standard InChI is InChI=1S/C18H19ClO/c1-3-13(2)14-8-10-15(11-9-14)18(20)12-16-6-4-5-7-17(16)19/h4-11,13H,3,12H2,1-2H3. The molecule has 0 saturated carbocycles. The molecule has 0 aliphatic rings. The van der Waals surface area contributed by atoms with Gasteiger partial charge in [0.1, 0.15) is 0 Å². The molecule has 1 nitrogen and oxygen atoms in total. The van der Waals surface area contributed by atoms with Crippen LogP contribution in [0.1, 0.15) is 47.7 Å². The van der Waals surface area contributed by atoms with Gasteiger partial charge in [-0.25, -0.2) is 0 Å². The molecule has 0 spiro atoms. The summed E-state index contributed by atoms with van der Waals surface area (Å²) in [6.45, 7) is 4.36. The van der Waals surface area contributed by atoms with Gasteiger partial charge in [-0.2, -0.15) is 0 Å². The number of rotatable bonds is 5. The van der Waals surface area contributed by atoms with Crippen LogP contribution in [0.15, 0.2) is 48.5 Å². The highest BCUT2D eigenvalue weighted by molar-refractivity contribution is 6.31. The molecule has 0 aliphatic heterocycles. The van der Waals surface area contributed by atoms with Gasteiger partial charge in [-0.05, 0) is 29.5 Å². The molecule has 0 aromatic heterocycles. The van der Waals surface area contributed by atoms with E-state index in [1.54, 1.807) is 0 Å². The molecule has 0 heterocycles. The van der Waals surface area contributed by atoms with Crippen LogP contribution in [0.4, 0.5) is 0 Å². The lowest BCUT2D eigenvalue weighted by atomic mass is 9.95. The Hall–Kier alpha value is -1.60. The zero-order chi connectivity index (χ0) is 14.5. The molecule has 0 amide bonds. The molecular formula is C18H19ClO. The van der Waals surface area contributed by atoms with Crippen molar-refractivity contribution in [2.45, 2.75) is 32.6 Å². The molecule has 1 atom stereocenters. The fourth-order valence-electron chi connectivity index (χ4n) is 2.15. The Labute approximate surface area is 125 Å². The highest BCUT2D eigenvalue weighted by atomic mass is 35.5. The monoisotopic (exact) mass is 286 g/mol. The van der Waals surface area contributed by atoms with Crippen LogP contribution in [0.3, 0.4) is 0 Å². The summed E-state index contributed by atoms with van der Waals surface area (Å²) < 4.78 is 0. The molecule has 1 unspecified atom stereocenters. The van der Waals surface area contributed by atoms with E-state index in [9.17, 15) is 4.79 Å². The molecule has 2 aromatic rings. The molecule has 20 heavy (non-hydrogen) atoms. The highest BCUT2D eigenvalue weighted by Crippen LogP contribution is 2.21. The maximum atomic E-state index is 12.3. The number of halogens is 1. The summed E-state index contributed by atoms with van der Waals surface area (Å²) in [5.74, 6) is 0.636. The van der Waals surface area contributed by atoms with E-state index in [1.165, 1.54) is 5.56 Å². The van der Waals surface area contributed by atoms with Crippen LogP contribution in [-0.4, -0.2) is 5.78 Å². The number of hydrogen-bond acceptors (Lipinski definition) is 1. The first-order valence-corrected chi connectivity index (χ1v) is 7.36. The summed E-state index contributed by atoms with van der Waals surface area (Å²) in [5.41, 5.74) is 2.91. The minimum absolute atomic E-state index is 0.105. The van der Waals surface area contributed by atoms with E-state index in [-0.39, 0.29) is 5.78 Å². The van der Waals surface area contributed by atoms with Gasteiger partial charge in [0.05, 0.1) is 0 Å². The van der Waals surface area contributed by atoms with Crippen molar-refractivity contribution in [1.82, 2.24) is 0 Å². The highest BCUT2D eigenvalue weighted by Gasteiger charge is 2.10. The minimum Gasteiger partial charge on any atom is -0.294 e. The number of hydrogen-bond donors (Lipinski definition) is 0. The van der Waals surface area contributed by atoms with E-state index in [0.29, 0.717) is 17.4 Å². The predicted molar refractivity (Wildman–Crippen MR) is 84.6 cm³/mol. The summed E-state index contributed by atoms with van der Waals surface area (Å²) in [5, 5.41) is 0.650. The summed E-state index contributed by atoms with van der Waals surface area (Å²) in [6, 6.07) is 15.4. The lowest BCUT2D eigenvalue weighted by Crippen LogP contribution is -2.04.